The molecule has 0 aromatic carbocycles. The summed E-state index contributed by atoms with van der Waals surface area (Å²) in [5, 5.41) is 0. The largest absolute Gasteiger partial charge is 1.00 e. The molecule has 3 heteroatoms. The molecule has 0 saturated carbocycles. The quantitative estimate of drug-likeness (QED) is 0.267. The van der Waals surface area contributed by atoms with E-state index in [4.69, 9.17) is 0 Å². The Balaban J connectivity index is -0.000000125. The summed E-state index contributed by atoms with van der Waals surface area (Å²) >= 11 is 0. The summed E-state index contributed by atoms with van der Waals surface area (Å²) < 4.78 is 0. The van der Waals surface area contributed by atoms with Gasteiger partial charge in [0, 0.05) is 0 Å². The summed E-state index contributed by atoms with van der Waals surface area (Å²) in [6.07, 6.45) is 0.875. The maximum absolute atomic E-state index is 9.57. The predicted molar refractivity (Wildman–Crippen MR) is 25.7 cm³/mol. The van der Waals surface area contributed by atoms with Gasteiger partial charge in [-0.2, -0.15) is 0 Å². The number of aldehydes is 1. The molecule has 0 aromatic heterocycles. The number of hydrogen-bond donors (Lipinski definition) is 0. The third-order valence-electron chi connectivity index (χ3n) is 0.440. The third kappa shape index (κ3) is 10.7. The van der Waals surface area contributed by atoms with Crippen molar-refractivity contribution in [1.82, 2.24) is 4.90 Å². The van der Waals surface area contributed by atoms with Crippen molar-refractivity contribution < 1.29 is 25.1 Å². The molecule has 0 amide bonds. The van der Waals surface area contributed by atoms with Crippen LogP contribution < -0.4 is 18.9 Å². The van der Waals surface area contributed by atoms with Crippen LogP contribution >= 0.6 is 0 Å². The van der Waals surface area contributed by atoms with Crippen molar-refractivity contribution in [2.75, 3.05) is 20.6 Å². The van der Waals surface area contributed by atoms with Crippen LogP contribution in [-0.4, -0.2) is 31.8 Å². The minimum Gasteiger partial charge on any atom is -1.00 e. The van der Waals surface area contributed by atoms with Gasteiger partial charge in [-0.15, -0.1) is 0 Å². The van der Waals surface area contributed by atoms with Crippen LogP contribution in [0.15, 0.2) is 0 Å². The van der Waals surface area contributed by atoms with Gasteiger partial charge in [-0.3, -0.25) is 0 Å². The first kappa shape index (κ1) is 10.3. The van der Waals surface area contributed by atoms with Crippen LogP contribution in [0.3, 0.4) is 0 Å². The number of rotatable bonds is 2. The summed E-state index contributed by atoms with van der Waals surface area (Å²) in [6.45, 7) is 0.528. The molecule has 0 bridgehead atoms. The topological polar surface area (TPSA) is 20.3 Å². The smallest absolute Gasteiger partial charge is 1.00 e. The molecule has 0 aliphatic rings. The molecule has 38 valence electrons. The van der Waals surface area contributed by atoms with E-state index in [1.165, 1.54) is 0 Å². The van der Waals surface area contributed by atoms with Gasteiger partial charge in [-0.05, 0) is 14.1 Å². The monoisotopic (exact) mass is 95.1 g/mol. The Bertz CT molecular complexity index is 51.3. The summed E-state index contributed by atoms with van der Waals surface area (Å²) in [5.41, 5.74) is 0. The van der Waals surface area contributed by atoms with Crippen molar-refractivity contribution in [2.24, 2.45) is 0 Å². The van der Waals surface area contributed by atoms with E-state index in [9.17, 15) is 4.79 Å². The number of nitrogens with zero attached hydrogens (tertiary/aromatic N) is 1. The van der Waals surface area contributed by atoms with Crippen molar-refractivity contribution in [3.8, 4) is 0 Å². The second-order valence-corrected chi connectivity index (χ2v) is 1.43. The molecule has 0 atom stereocenters. The summed E-state index contributed by atoms with van der Waals surface area (Å²) in [5.74, 6) is 0. The molecular weight excluding hydrogens is 85.0 g/mol. The van der Waals surface area contributed by atoms with Gasteiger partial charge in [-0.1, -0.05) is 0 Å². The maximum atomic E-state index is 9.57. The first-order chi connectivity index (χ1) is 2.77. The fourth-order valence-corrected chi connectivity index (χ4v) is 0.149. The molecule has 0 saturated heterocycles. The van der Waals surface area contributed by atoms with Gasteiger partial charge in [-0.25, -0.2) is 0 Å². The Hall–Kier alpha value is 0.227. The molecular formula is C4H10LiNO. The molecule has 0 aliphatic heterocycles. The van der Waals surface area contributed by atoms with Crippen molar-refractivity contribution in [3.63, 3.8) is 0 Å². The normalized spacial score (nSPS) is 7.86. The maximum Gasteiger partial charge on any atom is 1.00 e. The van der Waals surface area contributed by atoms with E-state index in [1.807, 2.05) is 19.0 Å². The predicted octanol–water partition coefficient (Wildman–Crippen LogP) is -3.14. The Labute approximate surface area is 57.5 Å². The zero-order chi connectivity index (χ0) is 4.99. The standard InChI is InChI=1S/C4H9NO.Li.H/c1-5(2)3-4-6;;/h4H,3H2,1-2H3;;/q;+1;-1. The Morgan fingerprint density at radius 2 is 2.14 bits per heavy atom. The third-order valence-corrected chi connectivity index (χ3v) is 0.440. The molecule has 0 fully saturated rings. The second-order valence-electron chi connectivity index (χ2n) is 1.43. The van der Waals surface area contributed by atoms with Crippen molar-refractivity contribution in [2.45, 2.75) is 0 Å². The fourth-order valence-electron chi connectivity index (χ4n) is 0.149. The minimum atomic E-state index is 0. The van der Waals surface area contributed by atoms with Crippen LogP contribution in [0.2, 0.25) is 0 Å². The zero-order valence-corrected chi connectivity index (χ0v) is 5.14. The Morgan fingerprint density at radius 1 is 1.71 bits per heavy atom. The molecule has 0 aliphatic carbocycles. The van der Waals surface area contributed by atoms with Gasteiger partial charge in [0.15, 0.2) is 0 Å². The van der Waals surface area contributed by atoms with E-state index in [1.54, 1.807) is 0 Å². The zero-order valence-electron chi connectivity index (χ0n) is 6.14. The molecule has 0 aromatic rings. The Morgan fingerprint density at radius 3 is 2.14 bits per heavy atom. The number of hydrogen-bond acceptors (Lipinski definition) is 2. The van der Waals surface area contributed by atoms with Gasteiger partial charge >= 0.3 is 18.9 Å². The van der Waals surface area contributed by atoms with Crippen molar-refractivity contribution in [1.29, 1.82) is 0 Å². The number of carbonyl (C=O) groups is 1. The first-order valence-electron chi connectivity index (χ1n) is 1.85. The van der Waals surface area contributed by atoms with E-state index in [0.29, 0.717) is 6.54 Å². The van der Waals surface area contributed by atoms with E-state index in [-0.39, 0.29) is 20.3 Å². The number of likely N-dealkylation sites (N-methyl/N-ethyl adjacent to an activating group) is 1. The molecule has 7 heavy (non-hydrogen) atoms. The molecule has 0 spiro atoms. The molecule has 0 N–H and O–H groups in total. The Kier molecular flexibility index (Phi) is 9.13. The van der Waals surface area contributed by atoms with Gasteiger partial charge in [0.2, 0.25) is 0 Å². The van der Waals surface area contributed by atoms with Crippen LogP contribution in [0.5, 0.6) is 0 Å². The van der Waals surface area contributed by atoms with Crippen molar-refractivity contribution in [3.05, 3.63) is 0 Å². The van der Waals surface area contributed by atoms with E-state index < -0.39 is 0 Å². The van der Waals surface area contributed by atoms with Gasteiger partial charge in [0.1, 0.15) is 6.29 Å². The van der Waals surface area contributed by atoms with Crippen LogP contribution in [0.1, 0.15) is 1.43 Å². The fraction of sp³-hybridized carbons (Fsp3) is 0.750. The van der Waals surface area contributed by atoms with E-state index in [2.05, 4.69) is 0 Å². The van der Waals surface area contributed by atoms with E-state index in [0.717, 1.165) is 6.29 Å². The van der Waals surface area contributed by atoms with Gasteiger partial charge in [0.05, 0.1) is 6.54 Å². The number of carbonyl (C=O) groups excluding carboxylic acids is 1. The van der Waals surface area contributed by atoms with Crippen LogP contribution in [0.4, 0.5) is 0 Å². The van der Waals surface area contributed by atoms with Crippen LogP contribution in [0.25, 0.3) is 0 Å². The average molecular weight is 95.1 g/mol. The summed E-state index contributed by atoms with van der Waals surface area (Å²) in [7, 11) is 3.71. The molecule has 0 heterocycles. The van der Waals surface area contributed by atoms with Crippen molar-refractivity contribution >= 4 is 6.29 Å². The molecule has 0 rings (SSSR count). The summed E-state index contributed by atoms with van der Waals surface area (Å²) in [6, 6.07) is 0. The molecule has 2 nitrogen and oxygen atoms in total. The minimum absolute atomic E-state index is 0. The molecule has 0 unspecified atom stereocenters. The summed E-state index contributed by atoms with van der Waals surface area (Å²) in [4.78, 5) is 11.4. The van der Waals surface area contributed by atoms with E-state index >= 15 is 0 Å². The van der Waals surface area contributed by atoms with Gasteiger partial charge in [0.25, 0.3) is 0 Å². The first-order valence-corrected chi connectivity index (χ1v) is 1.85. The molecule has 0 radical (unpaired) electrons. The van der Waals surface area contributed by atoms with Crippen LogP contribution in [-0.2, 0) is 4.79 Å². The van der Waals surface area contributed by atoms with Gasteiger partial charge < -0.3 is 11.1 Å². The second kappa shape index (κ2) is 6.23. The van der Waals surface area contributed by atoms with Crippen LogP contribution in [0, 0.1) is 0 Å². The average Bonchev–Trinajstić information content (AvgIpc) is 1.35. The SMILES string of the molecule is CN(C)CC=O.[H-].[Li+].